The zero-order chi connectivity index (χ0) is 15.1. The van der Waals surface area contributed by atoms with Gasteiger partial charge >= 0.3 is 0 Å². The number of nitrogens with zero attached hydrogens (tertiary/aromatic N) is 1. The van der Waals surface area contributed by atoms with E-state index in [0.717, 1.165) is 25.1 Å². The Balaban J connectivity index is 2.04. The quantitative estimate of drug-likeness (QED) is 0.832. The van der Waals surface area contributed by atoms with Gasteiger partial charge in [0.05, 0.1) is 6.10 Å². The molecule has 0 heterocycles. The van der Waals surface area contributed by atoms with Gasteiger partial charge in [-0.25, -0.2) is 0 Å². The maximum absolute atomic E-state index is 10.4. The average Bonchev–Trinajstić information content (AvgIpc) is 2.50. The van der Waals surface area contributed by atoms with Gasteiger partial charge in [-0.05, 0) is 36.6 Å². The summed E-state index contributed by atoms with van der Waals surface area (Å²) < 4.78 is 0. The molecule has 0 spiro atoms. The number of aryl methyl sites for hydroxylation is 1. The van der Waals surface area contributed by atoms with E-state index in [1.165, 1.54) is 11.1 Å². The SMILES string of the molecule is CCCN(Cc1ccccc1C)C[C@@H](O)c1ccccc1. The van der Waals surface area contributed by atoms with Crippen LogP contribution in [-0.4, -0.2) is 23.1 Å². The van der Waals surface area contributed by atoms with Gasteiger partial charge in [-0.15, -0.1) is 0 Å². The van der Waals surface area contributed by atoms with E-state index in [9.17, 15) is 5.11 Å². The highest BCUT2D eigenvalue weighted by molar-refractivity contribution is 5.25. The Bertz CT molecular complexity index is 538. The summed E-state index contributed by atoms with van der Waals surface area (Å²) in [4.78, 5) is 2.33. The molecule has 0 saturated carbocycles. The van der Waals surface area contributed by atoms with Crippen LogP contribution in [0.5, 0.6) is 0 Å². The fourth-order valence-corrected chi connectivity index (χ4v) is 2.60. The number of hydrogen-bond donors (Lipinski definition) is 1. The molecule has 2 nitrogen and oxygen atoms in total. The smallest absolute Gasteiger partial charge is 0.0917 e. The molecule has 1 atom stereocenters. The minimum absolute atomic E-state index is 0.429. The van der Waals surface area contributed by atoms with Gasteiger partial charge in [-0.2, -0.15) is 0 Å². The summed E-state index contributed by atoms with van der Waals surface area (Å²) in [5, 5.41) is 10.4. The first kappa shape index (κ1) is 15.7. The predicted molar refractivity (Wildman–Crippen MR) is 88.1 cm³/mol. The van der Waals surface area contributed by atoms with E-state index < -0.39 is 6.10 Å². The van der Waals surface area contributed by atoms with E-state index in [1.807, 2.05) is 30.3 Å². The topological polar surface area (TPSA) is 23.5 Å². The summed E-state index contributed by atoms with van der Waals surface area (Å²) >= 11 is 0. The number of benzene rings is 2. The third-order valence-corrected chi connectivity index (χ3v) is 3.81. The van der Waals surface area contributed by atoms with Crippen molar-refractivity contribution in [1.82, 2.24) is 4.90 Å². The van der Waals surface area contributed by atoms with Crippen LogP contribution in [0, 0.1) is 6.92 Å². The largest absolute Gasteiger partial charge is 0.387 e. The first-order valence-electron chi connectivity index (χ1n) is 7.70. The van der Waals surface area contributed by atoms with Gasteiger partial charge in [0.2, 0.25) is 0 Å². The Morgan fingerprint density at radius 3 is 2.33 bits per heavy atom. The molecule has 2 aromatic rings. The van der Waals surface area contributed by atoms with Crippen molar-refractivity contribution in [3.05, 3.63) is 71.3 Å². The molecule has 21 heavy (non-hydrogen) atoms. The molecule has 2 heteroatoms. The van der Waals surface area contributed by atoms with E-state index in [4.69, 9.17) is 0 Å². The molecule has 0 aliphatic heterocycles. The van der Waals surface area contributed by atoms with E-state index >= 15 is 0 Å². The van der Waals surface area contributed by atoms with Crippen molar-refractivity contribution in [3.63, 3.8) is 0 Å². The molecule has 2 rings (SSSR count). The van der Waals surface area contributed by atoms with Crippen molar-refractivity contribution < 1.29 is 5.11 Å². The highest BCUT2D eigenvalue weighted by atomic mass is 16.3. The maximum atomic E-state index is 10.4. The Kier molecular flexibility index (Phi) is 5.97. The number of hydrogen-bond acceptors (Lipinski definition) is 2. The number of aliphatic hydroxyl groups excluding tert-OH is 1. The van der Waals surface area contributed by atoms with E-state index in [-0.39, 0.29) is 0 Å². The van der Waals surface area contributed by atoms with Gasteiger partial charge in [0.1, 0.15) is 0 Å². The molecule has 0 amide bonds. The van der Waals surface area contributed by atoms with Crippen molar-refractivity contribution in [2.75, 3.05) is 13.1 Å². The van der Waals surface area contributed by atoms with Crippen molar-refractivity contribution in [2.24, 2.45) is 0 Å². The predicted octanol–water partition coefficient (Wildman–Crippen LogP) is 3.94. The molecule has 0 aliphatic rings. The zero-order valence-electron chi connectivity index (χ0n) is 13.0. The number of aliphatic hydroxyl groups is 1. The van der Waals surface area contributed by atoms with Crippen LogP contribution in [0.15, 0.2) is 54.6 Å². The summed E-state index contributed by atoms with van der Waals surface area (Å²) in [7, 11) is 0. The van der Waals surface area contributed by atoms with Gasteiger partial charge < -0.3 is 5.11 Å². The maximum Gasteiger partial charge on any atom is 0.0917 e. The molecule has 0 fully saturated rings. The van der Waals surface area contributed by atoms with Crippen molar-refractivity contribution >= 4 is 0 Å². The Morgan fingerprint density at radius 1 is 1.00 bits per heavy atom. The molecule has 0 aromatic heterocycles. The second kappa shape index (κ2) is 7.96. The van der Waals surface area contributed by atoms with Crippen LogP contribution in [0.4, 0.5) is 0 Å². The highest BCUT2D eigenvalue weighted by Gasteiger charge is 2.13. The third-order valence-electron chi connectivity index (χ3n) is 3.81. The Labute approximate surface area is 128 Å². The first-order chi connectivity index (χ1) is 10.2. The van der Waals surface area contributed by atoms with Crippen LogP contribution in [0.25, 0.3) is 0 Å². The van der Waals surface area contributed by atoms with Crippen LogP contribution in [0.2, 0.25) is 0 Å². The van der Waals surface area contributed by atoms with Gasteiger partial charge in [0.25, 0.3) is 0 Å². The fraction of sp³-hybridized carbons (Fsp3) is 0.368. The molecule has 0 bridgehead atoms. The molecule has 2 aromatic carbocycles. The van der Waals surface area contributed by atoms with E-state index in [2.05, 4.69) is 43.0 Å². The van der Waals surface area contributed by atoms with Gasteiger partial charge in [0.15, 0.2) is 0 Å². The highest BCUT2D eigenvalue weighted by Crippen LogP contribution is 2.17. The average molecular weight is 283 g/mol. The summed E-state index contributed by atoms with van der Waals surface area (Å²) in [6.07, 6.45) is 0.662. The van der Waals surface area contributed by atoms with Crippen LogP contribution >= 0.6 is 0 Å². The van der Waals surface area contributed by atoms with Crippen molar-refractivity contribution in [2.45, 2.75) is 32.9 Å². The van der Waals surface area contributed by atoms with Crippen molar-refractivity contribution in [3.8, 4) is 0 Å². The summed E-state index contributed by atoms with van der Waals surface area (Å²) in [5.41, 5.74) is 3.64. The van der Waals surface area contributed by atoms with Crippen LogP contribution in [0.3, 0.4) is 0 Å². The molecular weight excluding hydrogens is 258 g/mol. The van der Waals surface area contributed by atoms with Gasteiger partial charge in [-0.1, -0.05) is 61.5 Å². The Morgan fingerprint density at radius 2 is 1.67 bits per heavy atom. The molecule has 0 radical (unpaired) electrons. The van der Waals surface area contributed by atoms with E-state index in [1.54, 1.807) is 0 Å². The minimum Gasteiger partial charge on any atom is -0.387 e. The monoisotopic (exact) mass is 283 g/mol. The lowest BCUT2D eigenvalue weighted by Crippen LogP contribution is -2.29. The first-order valence-corrected chi connectivity index (χ1v) is 7.70. The second-order valence-corrected chi connectivity index (χ2v) is 5.59. The van der Waals surface area contributed by atoms with E-state index in [0.29, 0.717) is 6.54 Å². The van der Waals surface area contributed by atoms with Gasteiger partial charge in [0, 0.05) is 13.1 Å². The summed E-state index contributed by atoms with van der Waals surface area (Å²) in [6, 6.07) is 18.4. The standard InChI is InChI=1S/C19H25NO/c1-3-13-20(14-18-12-8-7-9-16(18)2)15-19(21)17-10-5-4-6-11-17/h4-12,19,21H,3,13-15H2,1-2H3/t19-/m1/s1. The van der Waals surface area contributed by atoms with Crippen LogP contribution < -0.4 is 0 Å². The van der Waals surface area contributed by atoms with Crippen molar-refractivity contribution in [1.29, 1.82) is 0 Å². The molecule has 0 unspecified atom stereocenters. The lowest BCUT2D eigenvalue weighted by Gasteiger charge is -2.25. The third kappa shape index (κ3) is 4.69. The molecule has 0 aliphatic carbocycles. The van der Waals surface area contributed by atoms with Crippen LogP contribution in [0.1, 0.15) is 36.1 Å². The summed E-state index contributed by atoms with van der Waals surface area (Å²) in [5.74, 6) is 0. The lowest BCUT2D eigenvalue weighted by molar-refractivity contribution is 0.109. The second-order valence-electron chi connectivity index (χ2n) is 5.59. The zero-order valence-corrected chi connectivity index (χ0v) is 13.0. The molecular formula is C19H25NO. The minimum atomic E-state index is -0.429. The Hall–Kier alpha value is -1.64. The normalized spacial score (nSPS) is 12.6. The molecule has 0 saturated heterocycles. The summed E-state index contributed by atoms with van der Waals surface area (Å²) in [6.45, 7) is 6.89. The number of rotatable bonds is 7. The molecule has 112 valence electrons. The molecule has 1 N–H and O–H groups in total. The fourth-order valence-electron chi connectivity index (χ4n) is 2.60. The lowest BCUT2D eigenvalue weighted by atomic mass is 10.1. The van der Waals surface area contributed by atoms with Crippen LogP contribution in [-0.2, 0) is 6.54 Å². The van der Waals surface area contributed by atoms with Gasteiger partial charge in [-0.3, -0.25) is 4.90 Å².